The third-order valence-corrected chi connectivity index (χ3v) is 2.42. The molecule has 96 valence electrons. The second-order valence-electron chi connectivity index (χ2n) is 3.06. The normalized spacial score (nSPS) is 13.2. The standard InChI is InChI=1S/C6H13NO2S.C3H7NO2/c1-2-10-4-3-5(7)6(8)9;1-2(4)3(5)6/h5H,2-4,7H2,1H3,(H,8,9);2H,4H2,1H3,(H,5,6). The number of carboxylic acids is 2. The minimum atomic E-state index is -0.963. The number of hydrogen-bond donors (Lipinski definition) is 4. The van der Waals surface area contributed by atoms with Gasteiger partial charge >= 0.3 is 11.9 Å². The maximum absolute atomic E-state index is 10.2. The zero-order valence-corrected chi connectivity index (χ0v) is 10.4. The lowest BCUT2D eigenvalue weighted by molar-refractivity contribution is -0.139. The van der Waals surface area contributed by atoms with Gasteiger partial charge in [0.15, 0.2) is 0 Å². The van der Waals surface area contributed by atoms with E-state index in [1.54, 1.807) is 11.8 Å². The van der Waals surface area contributed by atoms with Crippen LogP contribution in [0.4, 0.5) is 0 Å². The summed E-state index contributed by atoms with van der Waals surface area (Å²) in [7, 11) is 0. The lowest BCUT2D eigenvalue weighted by atomic mass is 10.2. The highest BCUT2D eigenvalue weighted by molar-refractivity contribution is 7.99. The first-order chi connectivity index (χ1) is 7.32. The Morgan fingerprint density at radius 1 is 1.25 bits per heavy atom. The summed E-state index contributed by atoms with van der Waals surface area (Å²) in [6.45, 7) is 3.46. The first-order valence-corrected chi connectivity index (χ1v) is 6.02. The van der Waals surface area contributed by atoms with Gasteiger partial charge in [0.2, 0.25) is 0 Å². The van der Waals surface area contributed by atoms with Gasteiger partial charge in [-0.15, -0.1) is 0 Å². The van der Waals surface area contributed by atoms with Crippen molar-refractivity contribution in [3.8, 4) is 0 Å². The molecule has 6 nitrogen and oxygen atoms in total. The third kappa shape index (κ3) is 13.2. The van der Waals surface area contributed by atoms with E-state index in [1.165, 1.54) is 6.92 Å². The predicted molar refractivity (Wildman–Crippen MR) is 64.5 cm³/mol. The molecule has 6 N–H and O–H groups in total. The van der Waals surface area contributed by atoms with E-state index in [4.69, 9.17) is 21.7 Å². The molecule has 0 heterocycles. The van der Waals surface area contributed by atoms with Crippen molar-refractivity contribution < 1.29 is 19.8 Å². The van der Waals surface area contributed by atoms with Gasteiger partial charge in [0.1, 0.15) is 12.1 Å². The molecule has 0 amide bonds. The van der Waals surface area contributed by atoms with Crippen LogP contribution in [0.1, 0.15) is 20.3 Å². The van der Waals surface area contributed by atoms with Crippen molar-refractivity contribution in [3.05, 3.63) is 0 Å². The van der Waals surface area contributed by atoms with Crippen LogP contribution in [0.3, 0.4) is 0 Å². The van der Waals surface area contributed by atoms with Crippen molar-refractivity contribution in [1.29, 1.82) is 0 Å². The van der Waals surface area contributed by atoms with Gasteiger partial charge in [-0.25, -0.2) is 0 Å². The van der Waals surface area contributed by atoms with Crippen LogP contribution in [0.2, 0.25) is 0 Å². The monoisotopic (exact) mass is 252 g/mol. The van der Waals surface area contributed by atoms with Crippen LogP contribution in [-0.2, 0) is 9.59 Å². The van der Waals surface area contributed by atoms with Gasteiger partial charge in [-0.05, 0) is 24.9 Å². The fourth-order valence-corrected chi connectivity index (χ4v) is 1.19. The van der Waals surface area contributed by atoms with Crippen LogP contribution in [-0.4, -0.2) is 45.7 Å². The van der Waals surface area contributed by atoms with Crippen LogP contribution >= 0.6 is 11.8 Å². The average molecular weight is 252 g/mol. The zero-order chi connectivity index (χ0) is 13.1. The quantitative estimate of drug-likeness (QED) is 0.488. The second-order valence-corrected chi connectivity index (χ2v) is 4.45. The van der Waals surface area contributed by atoms with Crippen LogP contribution in [0.15, 0.2) is 0 Å². The molecular formula is C9H20N2O4S. The number of nitrogens with two attached hydrogens (primary N) is 2. The number of aliphatic carboxylic acids is 2. The Labute approximate surface area is 99.4 Å². The first kappa shape index (κ1) is 17.6. The van der Waals surface area contributed by atoms with Gasteiger partial charge < -0.3 is 21.7 Å². The number of thioether (sulfide) groups is 1. The molecule has 0 rings (SSSR count). The molecule has 0 radical (unpaired) electrons. The number of hydrogen-bond acceptors (Lipinski definition) is 5. The second kappa shape index (κ2) is 10.7. The summed E-state index contributed by atoms with van der Waals surface area (Å²) < 4.78 is 0. The van der Waals surface area contributed by atoms with Crippen molar-refractivity contribution in [2.45, 2.75) is 32.4 Å². The molecule has 0 spiro atoms. The molecule has 0 fully saturated rings. The Morgan fingerprint density at radius 2 is 1.69 bits per heavy atom. The topological polar surface area (TPSA) is 127 Å². The van der Waals surface area contributed by atoms with Crippen molar-refractivity contribution >= 4 is 23.7 Å². The van der Waals surface area contributed by atoms with Crippen LogP contribution in [0.5, 0.6) is 0 Å². The molecule has 0 saturated heterocycles. The van der Waals surface area contributed by atoms with Gasteiger partial charge in [0, 0.05) is 0 Å². The maximum atomic E-state index is 10.2. The van der Waals surface area contributed by atoms with E-state index in [2.05, 4.69) is 0 Å². The van der Waals surface area contributed by atoms with Crippen molar-refractivity contribution in [2.75, 3.05) is 11.5 Å². The Kier molecular flexibility index (Phi) is 11.8. The molecule has 0 aromatic heterocycles. The number of rotatable bonds is 6. The Morgan fingerprint density at radius 3 is 1.94 bits per heavy atom. The Balaban J connectivity index is 0. The van der Waals surface area contributed by atoms with E-state index in [1.807, 2.05) is 6.92 Å². The highest BCUT2D eigenvalue weighted by Crippen LogP contribution is 2.02. The Bertz CT molecular complexity index is 212. The van der Waals surface area contributed by atoms with E-state index in [0.29, 0.717) is 6.42 Å². The summed E-state index contributed by atoms with van der Waals surface area (Å²) in [5.74, 6) is -0.0113. The van der Waals surface area contributed by atoms with E-state index < -0.39 is 24.0 Å². The fraction of sp³-hybridized carbons (Fsp3) is 0.778. The molecular weight excluding hydrogens is 232 g/mol. The van der Waals surface area contributed by atoms with Crippen LogP contribution < -0.4 is 11.5 Å². The minimum Gasteiger partial charge on any atom is -0.480 e. The van der Waals surface area contributed by atoms with Crippen molar-refractivity contribution in [3.63, 3.8) is 0 Å². The van der Waals surface area contributed by atoms with E-state index >= 15 is 0 Å². The Hall–Kier alpha value is -0.790. The molecule has 0 saturated carbocycles. The smallest absolute Gasteiger partial charge is 0.320 e. The molecule has 2 unspecified atom stereocenters. The lowest BCUT2D eigenvalue weighted by Crippen LogP contribution is -2.30. The van der Waals surface area contributed by atoms with E-state index in [9.17, 15) is 9.59 Å². The summed E-state index contributed by atoms with van der Waals surface area (Å²) >= 11 is 1.71. The first-order valence-electron chi connectivity index (χ1n) is 4.87. The number of carbonyl (C=O) groups is 2. The largest absolute Gasteiger partial charge is 0.480 e. The highest BCUT2D eigenvalue weighted by atomic mass is 32.2. The molecule has 0 aliphatic heterocycles. The van der Waals surface area contributed by atoms with E-state index in [-0.39, 0.29) is 0 Å². The molecule has 2 atom stereocenters. The summed E-state index contributed by atoms with van der Waals surface area (Å²) in [6, 6.07) is -1.41. The maximum Gasteiger partial charge on any atom is 0.320 e. The summed E-state index contributed by atoms with van der Waals surface area (Å²) in [4.78, 5) is 19.7. The summed E-state index contributed by atoms with van der Waals surface area (Å²) in [5.41, 5.74) is 10.1. The molecule has 16 heavy (non-hydrogen) atoms. The molecule has 0 aromatic rings. The molecule has 7 heteroatoms. The van der Waals surface area contributed by atoms with Gasteiger partial charge in [-0.3, -0.25) is 9.59 Å². The lowest BCUT2D eigenvalue weighted by Gasteiger charge is -2.03. The van der Waals surface area contributed by atoms with Crippen LogP contribution in [0, 0.1) is 0 Å². The third-order valence-electron chi connectivity index (χ3n) is 1.48. The molecule has 0 bridgehead atoms. The van der Waals surface area contributed by atoms with Gasteiger partial charge in [0.05, 0.1) is 0 Å². The van der Waals surface area contributed by atoms with Crippen molar-refractivity contribution in [1.82, 2.24) is 0 Å². The van der Waals surface area contributed by atoms with E-state index in [0.717, 1.165) is 11.5 Å². The average Bonchev–Trinajstić information content (AvgIpc) is 2.18. The molecule has 0 aliphatic rings. The number of carboxylic acid groups (broad SMARTS) is 2. The minimum absolute atomic E-state index is 0.563. The highest BCUT2D eigenvalue weighted by Gasteiger charge is 2.09. The van der Waals surface area contributed by atoms with Gasteiger partial charge in [0.25, 0.3) is 0 Å². The molecule has 0 aromatic carbocycles. The van der Waals surface area contributed by atoms with Gasteiger partial charge in [-0.1, -0.05) is 6.92 Å². The van der Waals surface area contributed by atoms with Crippen LogP contribution in [0.25, 0.3) is 0 Å². The molecule has 0 aliphatic carbocycles. The van der Waals surface area contributed by atoms with Gasteiger partial charge in [-0.2, -0.15) is 11.8 Å². The SMILES string of the molecule is CC(N)C(=O)O.CCSCCC(N)C(=O)O. The fourth-order valence-electron chi connectivity index (χ4n) is 0.478. The zero-order valence-electron chi connectivity index (χ0n) is 9.55. The summed E-state index contributed by atoms with van der Waals surface area (Å²) in [6.07, 6.45) is 0.563. The summed E-state index contributed by atoms with van der Waals surface area (Å²) in [5, 5.41) is 16.2. The van der Waals surface area contributed by atoms with Crippen molar-refractivity contribution in [2.24, 2.45) is 11.5 Å². The predicted octanol–water partition coefficient (Wildman–Crippen LogP) is -0.0403.